The second kappa shape index (κ2) is 8.84. The van der Waals surface area contributed by atoms with E-state index in [9.17, 15) is 0 Å². The van der Waals surface area contributed by atoms with Gasteiger partial charge in [0.15, 0.2) is 5.82 Å². The van der Waals surface area contributed by atoms with Gasteiger partial charge in [0.05, 0.1) is 12.8 Å². The first-order valence-electron chi connectivity index (χ1n) is 9.29. The highest BCUT2D eigenvalue weighted by atomic mass is 16.5. The molecule has 0 aliphatic rings. The third-order valence-corrected chi connectivity index (χ3v) is 4.32. The summed E-state index contributed by atoms with van der Waals surface area (Å²) in [5, 5.41) is 6.71. The minimum Gasteiger partial charge on any atom is -0.495 e. The number of ether oxygens (including phenoxy) is 1. The smallest absolute Gasteiger partial charge is 0.163 e. The van der Waals surface area contributed by atoms with Crippen molar-refractivity contribution in [1.29, 1.82) is 0 Å². The average Bonchev–Trinajstić information content (AvgIpc) is 2.79. The topological polar surface area (TPSA) is 72.0 Å². The summed E-state index contributed by atoms with van der Waals surface area (Å²) >= 11 is 0. The largest absolute Gasteiger partial charge is 0.495 e. The van der Waals surface area contributed by atoms with Crippen LogP contribution in [0.5, 0.6) is 5.75 Å². The van der Waals surface area contributed by atoms with Gasteiger partial charge in [-0.05, 0) is 23.8 Å². The molecule has 6 heteroatoms. The van der Waals surface area contributed by atoms with Crippen LogP contribution < -0.4 is 15.4 Å². The maximum Gasteiger partial charge on any atom is 0.163 e. The lowest BCUT2D eigenvalue weighted by Gasteiger charge is -2.13. The molecule has 0 fully saturated rings. The summed E-state index contributed by atoms with van der Waals surface area (Å²) in [4.78, 5) is 13.5. The molecule has 6 nitrogen and oxygen atoms in total. The summed E-state index contributed by atoms with van der Waals surface area (Å²) in [5.74, 6) is 2.79. The molecule has 0 amide bonds. The van der Waals surface area contributed by atoms with Crippen molar-refractivity contribution in [2.24, 2.45) is 0 Å². The van der Waals surface area contributed by atoms with Gasteiger partial charge in [0.25, 0.3) is 0 Å². The molecule has 0 spiro atoms. The van der Waals surface area contributed by atoms with Gasteiger partial charge >= 0.3 is 0 Å². The van der Waals surface area contributed by atoms with Crippen LogP contribution in [-0.2, 0) is 6.54 Å². The third-order valence-electron chi connectivity index (χ3n) is 4.32. The number of hydrogen-bond donors (Lipinski definition) is 2. The number of anilines is 3. The Bertz CT molecular complexity index is 1070. The van der Waals surface area contributed by atoms with Crippen LogP contribution in [0.3, 0.4) is 0 Å². The van der Waals surface area contributed by atoms with E-state index in [1.54, 1.807) is 13.3 Å². The molecule has 0 atom stereocenters. The summed E-state index contributed by atoms with van der Waals surface area (Å²) in [6.07, 6.45) is 3.59. The number of aromatic nitrogens is 3. The molecule has 4 aromatic rings. The van der Waals surface area contributed by atoms with Crippen LogP contribution >= 0.6 is 0 Å². The van der Waals surface area contributed by atoms with Gasteiger partial charge in [-0.2, -0.15) is 0 Å². The fourth-order valence-electron chi connectivity index (χ4n) is 2.90. The molecule has 0 bridgehead atoms. The summed E-state index contributed by atoms with van der Waals surface area (Å²) in [6, 6.07) is 23.5. The van der Waals surface area contributed by atoms with E-state index in [0.717, 1.165) is 28.4 Å². The highest BCUT2D eigenvalue weighted by molar-refractivity contribution is 5.68. The number of methoxy groups -OCH3 is 1. The maximum atomic E-state index is 5.44. The SMILES string of the molecule is COc1ccccc1Nc1cc(NCc2cccnc2)nc(-c2ccccc2)n1. The van der Waals surface area contributed by atoms with E-state index < -0.39 is 0 Å². The number of pyridine rings is 1. The van der Waals surface area contributed by atoms with Crippen LogP contribution in [0.1, 0.15) is 5.56 Å². The predicted molar refractivity (Wildman–Crippen MR) is 115 cm³/mol. The van der Waals surface area contributed by atoms with E-state index >= 15 is 0 Å². The van der Waals surface area contributed by atoms with Gasteiger partial charge in [-0.1, -0.05) is 48.5 Å². The number of hydrogen-bond acceptors (Lipinski definition) is 6. The van der Waals surface area contributed by atoms with E-state index in [0.29, 0.717) is 18.2 Å². The van der Waals surface area contributed by atoms with Crippen LogP contribution in [0, 0.1) is 0 Å². The van der Waals surface area contributed by atoms with Crippen molar-refractivity contribution >= 4 is 17.3 Å². The van der Waals surface area contributed by atoms with Crippen LogP contribution in [0.4, 0.5) is 17.3 Å². The molecule has 0 unspecified atom stereocenters. The highest BCUT2D eigenvalue weighted by Crippen LogP contribution is 2.28. The molecule has 144 valence electrons. The first kappa shape index (κ1) is 18.4. The van der Waals surface area contributed by atoms with Gasteiger partial charge in [-0.25, -0.2) is 9.97 Å². The normalized spacial score (nSPS) is 10.4. The Labute approximate surface area is 169 Å². The molecule has 2 aromatic carbocycles. The van der Waals surface area contributed by atoms with E-state index in [1.165, 1.54) is 0 Å². The van der Waals surface area contributed by atoms with Crippen molar-refractivity contribution in [1.82, 2.24) is 15.0 Å². The molecule has 29 heavy (non-hydrogen) atoms. The zero-order valence-corrected chi connectivity index (χ0v) is 16.0. The van der Waals surface area contributed by atoms with Crippen molar-refractivity contribution in [2.75, 3.05) is 17.7 Å². The molecule has 0 aliphatic heterocycles. The molecule has 0 saturated heterocycles. The van der Waals surface area contributed by atoms with Crippen molar-refractivity contribution in [3.63, 3.8) is 0 Å². The monoisotopic (exact) mass is 383 g/mol. The maximum absolute atomic E-state index is 5.44. The van der Waals surface area contributed by atoms with Gasteiger partial charge in [-0.3, -0.25) is 4.98 Å². The minimum absolute atomic E-state index is 0.618. The molecular weight excluding hydrogens is 362 g/mol. The number of benzene rings is 2. The second-order valence-corrected chi connectivity index (χ2v) is 6.37. The molecule has 4 rings (SSSR count). The highest BCUT2D eigenvalue weighted by Gasteiger charge is 2.09. The molecule has 2 heterocycles. The number of para-hydroxylation sites is 2. The molecule has 0 aliphatic carbocycles. The number of rotatable bonds is 7. The lowest BCUT2D eigenvalue weighted by Crippen LogP contribution is -2.05. The van der Waals surface area contributed by atoms with Gasteiger partial charge in [0, 0.05) is 30.6 Å². The fraction of sp³-hybridized carbons (Fsp3) is 0.0870. The van der Waals surface area contributed by atoms with E-state index in [1.807, 2.05) is 79.0 Å². The summed E-state index contributed by atoms with van der Waals surface area (Å²) in [7, 11) is 1.65. The van der Waals surface area contributed by atoms with Crippen LogP contribution in [-0.4, -0.2) is 22.1 Å². The number of nitrogens with zero attached hydrogens (tertiary/aromatic N) is 3. The predicted octanol–water partition coefficient (Wildman–Crippen LogP) is 4.90. The van der Waals surface area contributed by atoms with Gasteiger partial charge in [-0.15, -0.1) is 0 Å². The Morgan fingerprint density at radius 2 is 1.66 bits per heavy atom. The van der Waals surface area contributed by atoms with Crippen molar-refractivity contribution in [3.05, 3.63) is 90.8 Å². The standard InChI is InChI=1S/C23H21N5O/c1-29-20-12-6-5-11-19(20)26-22-14-21(25-16-17-8-7-13-24-15-17)27-23(28-22)18-9-3-2-4-10-18/h2-15H,16H2,1H3,(H2,25,26,27,28). The van der Waals surface area contributed by atoms with Gasteiger partial charge in [0.2, 0.25) is 0 Å². The van der Waals surface area contributed by atoms with Crippen LogP contribution in [0.25, 0.3) is 11.4 Å². The quantitative estimate of drug-likeness (QED) is 0.473. The Hall–Kier alpha value is -3.93. The first-order valence-corrected chi connectivity index (χ1v) is 9.29. The summed E-state index contributed by atoms with van der Waals surface area (Å²) in [5.41, 5.74) is 2.86. The molecule has 2 aromatic heterocycles. The van der Waals surface area contributed by atoms with Crippen molar-refractivity contribution < 1.29 is 4.74 Å². The second-order valence-electron chi connectivity index (χ2n) is 6.37. The van der Waals surface area contributed by atoms with Crippen molar-refractivity contribution in [2.45, 2.75) is 6.54 Å². The molecule has 2 N–H and O–H groups in total. The first-order chi connectivity index (χ1) is 14.3. The minimum atomic E-state index is 0.618. The Kier molecular flexibility index (Phi) is 5.62. The van der Waals surface area contributed by atoms with Crippen LogP contribution in [0.15, 0.2) is 85.2 Å². The Morgan fingerprint density at radius 1 is 0.862 bits per heavy atom. The van der Waals surface area contributed by atoms with Crippen molar-refractivity contribution in [3.8, 4) is 17.1 Å². The zero-order chi connectivity index (χ0) is 19.9. The number of nitrogens with one attached hydrogen (secondary N) is 2. The van der Waals surface area contributed by atoms with Crippen LogP contribution in [0.2, 0.25) is 0 Å². The summed E-state index contributed by atoms with van der Waals surface area (Å²) in [6.45, 7) is 0.618. The summed E-state index contributed by atoms with van der Waals surface area (Å²) < 4.78 is 5.44. The van der Waals surface area contributed by atoms with Gasteiger partial charge < -0.3 is 15.4 Å². The lowest BCUT2D eigenvalue weighted by atomic mass is 10.2. The van der Waals surface area contributed by atoms with E-state index in [2.05, 4.69) is 20.6 Å². The van der Waals surface area contributed by atoms with E-state index in [-0.39, 0.29) is 0 Å². The molecule has 0 radical (unpaired) electrons. The van der Waals surface area contributed by atoms with Gasteiger partial charge in [0.1, 0.15) is 17.4 Å². The fourth-order valence-corrected chi connectivity index (χ4v) is 2.90. The van der Waals surface area contributed by atoms with E-state index in [4.69, 9.17) is 9.72 Å². The molecular formula is C23H21N5O. The lowest BCUT2D eigenvalue weighted by molar-refractivity contribution is 0.417. The average molecular weight is 383 g/mol. The third kappa shape index (κ3) is 4.68. The Morgan fingerprint density at radius 3 is 2.45 bits per heavy atom. The zero-order valence-electron chi connectivity index (χ0n) is 16.0. The molecule has 0 saturated carbocycles. The Balaban J connectivity index is 1.66.